The Morgan fingerprint density at radius 3 is 1.75 bits per heavy atom. The molecule has 0 saturated heterocycles. The van der Waals surface area contributed by atoms with Crippen molar-refractivity contribution in [1.82, 2.24) is 4.90 Å². The molecule has 70 valence electrons. The fourth-order valence-electron chi connectivity index (χ4n) is 2.77. The molecule has 0 spiro atoms. The van der Waals surface area contributed by atoms with Gasteiger partial charge in [-0.1, -0.05) is 26.2 Å². The maximum Gasteiger partial charge on any atom is 0.00980 e. The van der Waals surface area contributed by atoms with E-state index >= 15 is 0 Å². The summed E-state index contributed by atoms with van der Waals surface area (Å²) in [5.41, 5.74) is 0. The third-order valence-corrected chi connectivity index (χ3v) is 3.70. The Hall–Kier alpha value is -0.0400. The first-order chi connectivity index (χ1) is 5.92. The van der Waals surface area contributed by atoms with Gasteiger partial charge >= 0.3 is 0 Å². The highest BCUT2D eigenvalue weighted by Gasteiger charge is 2.30. The van der Waals surface area contributed by atoms with Gasteiger partial charge in [0.15, 0.2) is 0 Å². The second-order valence-electron chi connectivity index (χ2n) is 4.35. The van der Waals surface area contributed by atoms with Crippen LogP contribution in [0.25, 0.3) is 0 Å². The van der Waals surface area contributed by atoms with Crippen molar-refractivity contribution in [3.8, 4) is 0 Å². The number of rotatable bonds is 3. The van der Waals surface area contributed by atoms with Crippen molar-refractivity contribution in [3.05, 3.63) is 0 Å². The van der Waals surface area contributed by atoms with Crippen molar-refractivity contribution in [1.29, 1.82) is 0 Å². The Morgan fingerprint density at radius 1 is 0.917 bits per heavy atom. The normalized spacial score (nSPS) is 26.5. The average Bonchev–Trinajstić information content (AvgIpc) is 2.47. The molecule has 1 nitrogen and oxygen atoms in total. The van der Waals surface area contributed by atoms with E-state index in [1.165, 1.54) is 51.5 Å². The van der Waals surface area contributed by atoms with Crippen molar-refractivity contribution in [3.63, 3.8) is 0 Å². The highest BCUT2D eigenvalue weighted by Crippen LogP contribution is 2.31. The highest BCUT2D eigenvalue weighted by molar-refractivity contribution is 4.86. The quantitative estimate of drug-likeness (QED) is 0.624. The van der Waals surface area contributed by atoms with E-state index in [0.29, 0.717) is 0 Å². The van der Waals surface area contributed by atoms with Crippen LogP contribution >= 0.6 is 0 Å². The Balaban J connectivity index is 1.87. The summed E-state index contributed by atoms with van der Waals surface area (Å²) in [5, 5.41) is 0. The van der Waals surface area contributed by atoms with E-state index in [1.807, 2.05) is 0 Å². The Kier molecular flexibility index (Phi) is 2.69. The van der Waals surface area contributed by atoms with E-state index in [-0.39, 0.29) is 0 Å². The van der Waals surface area contributed by atoms with Gasteiger partial charge in [0, 0.05) is 12.1 Å². The zero-order valence-corrected chi connectivity index (χ0v) is 8.26. The fourth-order valence-corrected chi connectivity index (χ4v) is 2.77. The molecule has 2 aliphatic rings. The van der Waals surface area contributed by atoms with Crippen LogP contribution in [-0.4, -0.2) is 23.5 Å². The van der Waals surface area contributed by atoms with Crippen LogP contribution in [0.5, 0.6) is 0 Å². The summed E-state index contributed by atoms with van der Waals surface area (Å²) in [6.07, 6.45) is 10.3. The molecule has 2 fully saturated rings. The van der Waals surface area contributed by atoms with Gasteiger partial charge in [-0.3, -0.25) is 4.90 Å². The molecule has 0 bridgehead atoms. The van der Waals surface area contributed by atoms with Crippen LogP contribution in [0.3, 0.4) is 0 Å². The largest absolute Gasteiger partial charge is 0.298 e. The van der Waals surface area contributed by atoms with Crippen LogP contribution in [0.2, 0.25) is 0 Å². The van der Waals surface area contributed by atoms with Crippen molar-refractivity contribution in [2.75, 3.05) is 6.54 Å². The van der Waals surface area contributed by atoms with Crippen LogP contribution in [0.1, 0.15) is 51.9 Å². The second-order valence-corrected chi connectivity index (χ2v) is 4.35. The first-order valence-electron chi connectivity index (χ1n) is 5.67. The molecule has 0 aromatic carbocycles. The predicted octanol–water partition coefficient (Wildman–Crippen LogP) is 2.80. The van der Waals surface area contributed by atoms with Crippen molar-refractivity contribution in [2.45, 2.75) is 64.0 Å². The third kappa shape index (κ3) is 1.52. The van der Waals surface area contributed by atoms with Gasteiger partial charge in [-0.25, -0.2) is 0 Å². The highest BCUT2D eigenvalue weighted by atomic mass is 15.2. The van der Waals surface area contributed by atoms with Gasteiger partial charge in [0.2, 0.25) is 0 Å². The van der Waals surface area contributed by atoms with Crippen molar-refractivity contribution in [2.24, 2.45) is 0 Å². The Labute approximate surface area is 76.1 Å². The molecule has 0 heterocycles. The van der Waals surface area contributed by atoms with E-state index in [0.717, 1.165) is 12.1 Å². The molecule has 1 heteroatoms. The van der Waals surface area contributed by atoms with Crippen LogP contribution in [0.4, 0.5) is 0 Å². The minimum Gasteiger partial charge on any atom is -0.298 e. The minimum absolute atomic E-state index is 0.959. The van der Waals surface area contributed by atoms with Gasteiger partial charge in [-0.15, -0.1) is 0 Å². The molecule has 0 radical (unpaired) electrons. The second kappa shape index (κ2) is 3.78. The standard InChI is InChI=1S/C11H21N/c1-2-12(11-8-5-9-11)10-6-3-4-7-10/h10-11H,2-9H2,1H3. The summed E-state index contributed by atoms with van der Waals surface area (Å²) in [7, 11) is 0. The van der Waals surface area contributed by atoms with Gasteiger partial charge in [0.1, 0.15) is 0 Å². The van der Waals surface area contributed by atoms with Crippen molar-refractivity contribution < 1.29 is 0 Å². The summed E-state index contributed by atoms with van der Waals surface area (Å²) in [6.45, 7) is 3.62. The number of nitrogens with zero attached hydrogens (tertiary/aromatic N) is 1. The maximum absolute atomic E-state index is 2.77. The maximum atomic E-state index is 2.77. The zero-order chi connectivity index (χ0) is 8.39. The van der Waals surface area contributed by atoms with Crippen LogP contribution in [0, 0.1) is 0 Å². The Bertz CT molecular complexity index is 134. The van der Waals surface area contributed by atoms with E-state index in [9.17, 15) is 0 Å². The molecule has 0 amide bonds. The lowest BCUT2D eigenvalue weighted by Crippen LogP contribution is -2.45. The molecule has 0 aromatic rings. The van der Waals surface area contributed by atoms with Crippen LogP contribution in [-0.2, 0) is 0 Å². The van der Waals surface area contributed by atoms with Gasteiger partial charge in [-0.05, 0) is 32.2 Å². The first kappa shape index (κ1) is 8.55. The molecule has 0 aliphatic heterocycles. The number of hydrogen-bond donors (Lipinski definition) is 0. The summed E-state index contributed by atoms with van der Waals surface area (Å²) in [4.78, 5) is 2.77. The van der Waals surface area contributed by atoms with Crippen molar-refractivity contribution >= 4 is 0 Å². The minimum atomic E-state index is 0.959. The topological polar surface area (TPSA) is 3.24 Å². The lowest BCUT2D eigenvalue weighted by Gasteiger charge is -2.40. The summed E-state index contributed by atoms with van der Waals surface area (Å²) >= 11 is 0. The molecule has 2 rings (SSSR count). The van der Waals surface area contributed by atoms with E-state index < -0.39 is 0 Å². The third-order valence-electron chi connectivity index (χ3n) is 3.70. The number of hydrogen-bond acceptors (Lipinski definition) is 1. The molecule has 2 aliphatic carbocycles. The lowest BCUT2D eigenvalue weighted by molar-refractivity contribution is 0.0877. The van der Waals surface area contributed by atoms with Gasteiger partial charge in [-0.2, -0.15) is 0 Å². The summed E-state index contributed by atoms with van der Waals surface area (Å²) < 4.78 is 0. The smallest absolute Gasteiger partial charge is 0.00980 e. The fraction of sp³-hybridized carbons (Fsp3) is 1.00. The molecular formula is C11H21N. The first-order valence-corrected chi connectivity index (χ1v) is 5.67. The van der Waals surface area contributed by atoms with E-state index in [4.69, 9.17) is 0 Å². The molecule has 2 saturated carbocycles. The van der Waals surface area contributed by atoms with Gasteiger partial charge in [0.05, 0.1) is 0 Å². The lowest BCUT2D eigenvalue weighted by atomic mass is 9.90. The van der Waals surface area contributed by atoms with Crippen LogP contribution in [0.15, 0.2) is 0 Å². The van der Waals surface area contributed by atoms with E-state index in [1.54, 1.807) is 0 Å². The molecular weight excluding hydrogens is 146 g/mol. The Morgan fingerprint density at radius 2 is 1.42 bits per heavy atom. The average molecular weight is 167 g/mol. The zero-order valence-electron chi connectivity index (χ0n) is 8.26. The summed E-state index contributed by atoms with van der Waals surface area (Å²) in [5.74, 6) is 0. The van der Waals surface area contributed by atoms with Gasteiger partial charge < -0.3 is 0 Å². The molecule has 0 unspecified atom stereocenters. The van der Waals surface area contributed by atoms with Crippen LogP contribution < -0.4 is 0 Å². The SMILES string of the molecule is CCN(C1CCCC1)C1CCC1. The molecule has 0 atom stereocenters. The summed E-state index contributed by atoms with van der Waals surface area (Å²) in [6, 6.07) is 1.93. The predicted molar refractivity (Wildman–Crippen MR) is 52.3 cm³/mol. The molecule has 0 aromatic heterocycles. The van der Waals surface area contributed by atoms with Gasteiger partial charge in [0.25, 0.3) is 0 Å². The van der Waals surface area contributed by atoms with E-state index in [2.05, 4.69) is 11.8 Å². The molecule has 0 N–H and O–H groups in total. The molecule has 12 heavy (non-hydrogen) atoms. The monoisotopic (exact) mass is 167 g/mol.